The summed E-state index contributed by atoms with van der Waals surface area (Å²) in [6.07, 6.45) is 11.5. The number of aliphatic hydroxyl groups is 1. The predicted molar refractivity (Wildman–Crippen MR) is 123 cm³/mol. The molecule has 0 saturated heterocycles. The number of carbonyl (C=O) groups excluding carboxylic acids is 1. The van der Waals surface area contributed by atoms with Crippen LogP contribution in [0.15, 0.2) is 12.3 Å². The maximum absolute atomic E-state index is 13.0. The molecule has 0 spiro atoms. The number of nitrogens with one attached hydrogen (secondary N) is 3. The van der Waals surface area contributed by atoms with Crippen molar-refractivity contribution in [3.63, 3.8) is 0 Å². The first-order chi connectivity index (χ1) is 15.1. The molecule has 4 aliphatic carbocycles. The molecule has 4 saturated carbocycles. The van der Waals surface area contributed by atoms with Crippen molar-refractivity contribution in [2.75, 3.05) is 39.3 Å². The molecular weight excluding hydrogens is 412 g/mol. The van der Waals surface area contributed by atoms with Gasteiger partial charge in [0.05, 0.1) is 17.2 Å². The van der Waals surface area contributed by atoms with E-state index in [9.17, 15) is 4.79 Å². The summed E-state index contributed by atoms with van der Waals surface area (Å²) in [5.41, 5.74) is 1.78. The molecule has 7 heteroatoms. The van der Waals surface area contributed by atoms with Gasteiger partial charge in [-0.15, -0.1) is 0 Å². The lowest BCUT2D eigenvalue weighted by Crippen LogP contribution is -2.51. The van der Waals surface area contributed by atoms with Crippen LogP contribution in [0.1, 0.15) is 61.0 Å². The Labute approximate surface area is 190 Å². The van der Waals surface area contributed by atoms with Crippen LogP contribution in [0.2, 0.25) is 5.02 Å². The molecule has 0 radical (unpaired) electrons. The van der Waals surface area contributed by atoms with Crippen molar-refractivity contribution in [2.24, 2.45) is 23.2 Å². The number of nitrogens with zero attached hydrogens (tertiary/aromatic N) is 1. The number of hydrogen-bond acceptors (Lipinski definition) is 5. The average Bonchev–Trinajstić information content (AvgIpc) is 2.74. The third kappa shape index (κ3) is 5.98. The lowest BCUT2D eigenvalue weighted by molar-refractivity contribution is -0.0503. The first-order valence-electron chi connectivity index (χ1n) is 12.0. The molecule has 4 fully saturated rings. The zero-order chi connectivity index (χ0) is 21.7. The van der Waals surface area contributed by atoms with Gasteiger partial charge in [-0.2, -0.15) is 0 Å². The largest absolute Gasteiger partial charge is 0.395 e. The van der Waals surface area contributed by atoms with Gasteiger partial charge in [-0.1, -0.05) is 11.6 Å². The number of pyridine rings is 1. The summed E-state index contributed by atoms with van der Waals surface area (Å²) < 4.78 is 0. The molecule has 1 heterocycles. The van der Waals surface area contributed by atoms with Crippen LogP contribution in [0.5, 0.6) is 0 Å². The minimum atomic E-state index is -0.0579. The molecule has 1 aromatic rings. The van der Waals surface area contributed by atoms with Crippen molar-refractivity contribution in [1.82, 2.24) is 20.9 Å². The lowest BCUT2D eigenvalue weighted by Gasteiger charge is -2.56. The molecule has 0 atom stereocenters. The molecule has 0 aromatic carbocycles. The minimum Gasteiger partial charge on any atom is -0.395 e. The Morgan fingerprint density at radius 1 is 1.06 bits per heavy atom. The van der Waals surface area contributed by atoms with Crippen LogP contribution in [0.3, 0.4) is 0 Å². The highest BCUT2D eigenvalue weighted by atomic mass is 35.5. The molecule has 1 aromatic heterocycles. The number of hydrogen-bond donors (Lipinski definition) is 4. The Kier molecular flexibility index (Phi) is 7.86. The zero-order valence-electron chi connectivity index (χ0n) is 18.5. The number of halogens is 1. The first-order valence-corrected chi connectivity index (χ1v) is 12.4. The van der Waals surface area contributed by atoms with Gasteiger partial charge in [0.2, 0.25) is 0 Å². The highest BCUT2D eigenvalue weighted by Crippen LogP contribution is 2.59. The molecule has 4 aliphatic rings. The molecule has 0 unspecified atom stereocenters. The fourth-order valence-electron chi connectivity index (χ4n) is 6.56. The Hall–Kier alpha value is -1.21. The van der Waals surface area contributed by atoms with E-state index in [1.807, 2.05) is 6.07 Å². The molecule has 0 aliphatic heterocycles. The van der Waals surface area contributed by atoms with Gasteiger partial charge < -0.3 is 21.1 Å². The minimum absolute atomic E-state index is 0.0579. The van der Waals surface area contributed by atoms with Crippen molar-refractivity contribution in [3.8, 4) is 0 Å². The van der Waals surface area contributed by atoms with Crippen LogP contribution in [-0.4, -0.2) is 55.3 Å². The van der Waals surface area contributed by atoms with E-state index < -0.39 is 0 Å². The summed E-state index contributed by atoms with van der Waals surface area (Å²) in [5, 5.41) is 18.9. The van der Waals surface area contributed by atoms with E-state index in [0.29, 0.717) is 22.5 Å². The molecule has 31 heavy (non-hydrogen) atoms. The monoisotopic (exact) mass is 448 g/mol. The maximum atomic E-state index is 13.0. The van der Waals surface area contributed by atoms with E-state index in [-0.39, 0.29) is 12.5 Å². The second-order valence-corrected chi connectivity index (χ2v) is 10.5. The van der Waals surface area contributed by atoms with Crippen LogP contribution in [0, 0.1) is 23.2 Å². The fourth-order valence-corrected chi connectivity index (χ4v) is 6.75. The second-order valence-electron chi connectivity index (χ2n) is 10.1. The molecule has 172 valence electrons. The van der Waals surface area contributed by atoms with Crippen LogP contribution >= 0.6 is 11.6 Å². The molecule has 6 nitrogen and oxygen atoms in total. The van der Waals surface area contributed by atoms with Crippen molar-refractivity contribution < 1.29 is 9.90 Å². The van der Waals surface area contributed by atoms with Gasteiger partial charge in [0.25, 0.3) is 5.91 Å². The second kappa shape index (κ2) is 10.6. The van der Waals surface area contributed by atoms with Crippen molar-refractivity contribution in [1.29, 1.82) is 0 Å². The van der Waals surface area contributed by atoms with E-state index in [1.165, 1.54) is 38.5 Å². The highest BCUT2D eigenvalue weighted by molar-refractivity contribution is 6.33. The van der Waals surface area contributed by atoms with Gasteiger partial charge in [0.1, 0.15) is 0 Å². The first kappa shape index (κ1) is 23.0. The number of rotatable bonds is 12. The van der Waals surface area contributed by atoms with Crippen LogP contribution in [0.4, 0.5) is 0 Å². The van der Waals surface area contributed by atoms with Crippen LogP contribution in [-0.2, 0) is 6.42 Å². The summed E-state index contributed by atoms with van der Waals surface area (Å²) in [5.74, 6) is 2.60. The molecular formula is C24H37ClN4O2. The third-order valence-corrected chi connectivity index (χ3v) is 7.80. The zero-order valence-corrected chi connectivity index (χ0v) is 19.2. The smallest absolute Gasteiger partial charge is 0.252 e. The summed E-state index contributed by atoms with van der Waals surface area (Å²) >= 11 is 6.33. The SMILES string of the molecule is O=C(NCC12CC3CC(CC(C3)C1)C2)c1cc(CCCNCCNCCO)ncc1Cl. The van der Waals surface area contributed by atoms with E-state index in [0.717, 1.165) is 62.5 Å². The predicted octanol–water partition coefficient (Wildman–Crippen LogP) is 2.79. The van der Waals surface area contributed by atoms with Crippen LogP contribution in [0.25, 0.3) is 0 Å². The van der Waals surface area contributed by atoms with E-state index in [2.05, 4.69) is 20.9 Å². The van der Waals surface area contributed by atoms with Crippen molar-refractivity contribution >= 4 is 17.5 Å². The fraction of sp³-hybridized carbons (Fsp3) is 0.750. The van der Waals surface area contributed by atoms with Gasteiger partial charge in [-0.25, -0.2) is 0 Å². The normalized spacial score (nSPS) is 28.8. The van der Waals surface area contributed by atoms with E-state index >= 15 is 0 Å². The number of amides is 1. The van der Waals surface area contributed by atoms with Gasteiger partial charge in [-0.3, -0.25) is 9.78 Å². The quantitative estimate of drug-likeness (QED) is 0.369. The van der Waals surface area contributed by atoms with Gasteiger partial charge in [0.15, 0.2) is 0 Å². The number of aliphatic hydroxyl groups excluding tert-OH is 1. The van der Waals surface area contributed by atoms with E-state index in [1.54, 1.807) is 6.20 Å². The average molecular weight is 449 g/mol. The van der Waals surface area contributed by atoms with Gasteiger partial charge >= 0.3 is 0 Å². The van der Waals surface area contributed by atoms with Gasteiger partial charge in [0, 0.05) is 38.1 Å². The Balaban J connectivity index is 1.24. The standard InChI is InChI=1S/C24H37ClN4O2/c25-22-15-28-20(2-1-3-26-4-5-27-6-7-30)11-21(22)23(31)29-16-24-12-17-8-18(13-24)10-19(9-17)14-24/h11,15,17-19,26-27,30H,1-10,12-14,16H2,(H,29,31). The molecule has 5 rings (SSSR count). The number of aryl methyl sites for hydroxylation is 1. The summed E-state index contributed by atoms with van der Waals surface area (Å²) in [7, 11) is 0. The number of carbonyl (C=O) groups is 1. The van der Waals surface area contributed by atoms with E-state index in [4.69, 9.17) is 16.7 Å². The van der Waals surface area contributed by atoms with Crippen molar-refractivity contribution in [2.45, 2.75) is 51.4 Å². The molecule has 4 bridgehead atoms. The maximum Gasteiger partial charge on any atom is 0.252 e. The summed E-state index contributed by atoms with van der Waals surface area (Å²) in [4.78, 5) is 17.4. The molecule has 4 N–H and O–H groups in total. The Morgan fingerprint density at radius 3 is 2.35 bits per heavy atom. The number of aromatic nitrogens is 1. The third-order valence-electron chi connectivity index (χ3n) is 7.50. The Bertz CT molecular complexity index is 722. The lowest BCUT2D eigenvalue weighted by atomic mass is 9.49. The van der Waals surface area contributed by atoms with Crippen LogP contribution < -0.4 is 16.0 Å². The summed E-state index contributed by atoms with van der Waals surface area (Å²) in [6.45, 7) is 4.18. The molecule has 1 amide bonds. The summed E-state index contributed by atoms with van der Waals surface area (Å²) in [6, 6.07) is 1.86. The van der Waals surface area contributed by atoms with Crippen molar-refractivity contribution in [3.05, 3.63) is 28.5 Å². The van der Waals surface area contributed by atoms with Gasteiger partial charge in [-0.05, 0) is 87.1 Å². The Morgan fingerprint density at radius 2 is 1.71 bits per heavy atom. The topological polar surface area (TPSA) is 86.3 Å². The highest BCUT2D eigenvalue weighted by Gasteiger charge is 2.50.